The molecule has 0 atom stereocenters. The minimum absolute atomic E-state index is 0.0972. The quantitative estimate of drug-likeness (QED) is 0.688. The van der Waals surface area contributed by atoms with Gasteiger partial charge in [0, 0.05) is 0 Å². The molecule has 63 valence electrons. The molecule has 0 unspecified atom stereocenters. The predicted octanol–water partition coefficient (Wildman–Crippen LogP) is 1.06. The summed E-state index contributed by atoms with van der Waals surface area (Å²) < 4.78 is 0. The molecule has 1 aromatic carbocycles. The summed E-state index contributed by atoms with van der Waals surface area (Å²) >= 11 is 0. The Bertz CT molecular complexity index is 305. The van der Waals surface area contributed by atoms with Crippen LogP contribution in [-0.4, -0.2) is 16.2 Å². The van der Waals surface area contributed by atoms with Crippen LogP contribution in [0.3, 0.4) is 0 Å². The molecule has 3 nitrogen and oxygen atoms in total. The van der Waals surface area contributed by atoms with Crippen molar-refractivity contribution in [2.24, 2.45) is 0 Å². The van der Waals surface area contributed by atoms with Crippen molar-refractivity contribution in [1.29, 1.82) is 0 Å². The topological polar surface area (TPSA) is 57.5 Å². The molecule has 0 spiro atoms. The third-order valence-corrected chi connectivity index (χ3v) is 1.62. The Morgan fingerprint density at radius 1 is 1.50 bits per heavy atom. The van der Waals surface area contributed by atoms with E-state index in [-0.39, 0.29) is 12.2 Å². The molecule has 2 N–H and O–H groups in total. The molecule has 0 heterocycles. The van der Waals surface area contributed by atoms with Gasteiger partial charge in [-0.1, -0.05) is 18.2 Å². The average molecular weight is 165 g/mol. The van der Waals surface area contributed by atoms with E-state index in [4.69, 9.17) is 10.2 Å². The van der Waals surface area contributed by atoms with Gasteiger partial charge in [-0.15, -0.1) is 0 Å². The first-order chi connectivity index (χ1) is 5.66. The summed E-state index contributed by atoms with van der Waals surface area (Å²) in [6.07, 6.45) is 0. The molecule has 0 amide bonds. The first kappa shape index (κ1) is 8.74. The Labute approximate surface area is 70.3 Å². The van der Waals surface area contributed by atoms with E-state index in [9.17, 15) is 4.79 Å². The highest BCUT2D eigenvalue weighted by Gasteiger charge is 2.11. The van der Waals surface area contributed by atoms with Crippen molar-refractivity contribution < 1.29 is 15.0 Å². The summed E-state index contributed by atoms with van der Waals surface area (Å²) in [6.45, 7) is 3.29. The summed E-state index contributed by atoms with van der Waals surface area (Å²) in [5.74, 6) is -1.05. The van der Waals surface area contributed by atoms with Crippen LogP contribution in [0.4, 0.5) is 0 Å². The van der Waals surface area contributed by atoms with Crippen LogP contribution in [-0.2, 0) is 6.61 Å². The lowest BCUT2D eigenvalue weighted by molar-refractivity contribution is 0.0693. The van der Waals surface area contributed by atoms with Crippen molar-refractivity contribution in [3.8, 4) is 0 Å². The molecule has 3 heteroatoms. The Morgan fingerprint density at radius 2 is 2.17 bits per heavy atom. The fourth-order valence-electron chi connectivity index (χ4n) is 1.06. The number of carbonyl (C=O) groups is 1. The van der Waals surface area contributed by atoms with Gasteiger partial charge in [-0.2, -0.15) is 0 Å². The van der Waals surface area contributed by atoms with Gasteiger partial charge in [-0.05, 0) is 18.1 Å². The highest BCUT2D eigenvalue weighted by Crippen LogP contribution is 2.13. The molecule has 0 fully saturated rings. The summed E-state index contributed by atoms with van der Waals surface area (Å²) in [6, 6.07) is 4.83. The second-order valence-electron chi connectivity index (χ2n) is 2.41. The molecule has 1 radical (unpaired) electrons. The summed E-state index contributed by atoms with van der Waals surface area (Å²) in [7, 11) is 0. The normalized spacial score (nSPS) is 9.83. The molecule has 0 bridgehead atoms. The Hall–Kier alpha value is -1.35. The van der Waals surface area contributed by atoms with E-state index in [1.54, 1.807) is 18.2 Å². The van der Waals surface area contributed by atoms with Gasteiger partial charge >= 0.3 is 5.97 Å². The second-order valence-corrected chi connectivity index (χ2v) is 2.41. The van der Waals surface area contributed by atoms with Gasteiger partial charge in [0.25, 0.3) is 0 Å². The first-order valence-electron chi connectivity index (χ1n) is 3.45. The van der Waals surface area contributed by atoms with Crippen LogP contribution in [0.15, 0.2) is 18.2 Å². The van der Waals surface area contributed by atoms with Gasteiger partial charge in [0.1, 0.15) is 0 Å². The van der Waals surface area contributed by atoms with Crippen LogP contribution in [0.25, 0.3) is 0 Å². The number of benzene rings is 1. The number of rotatable bonds is 2. The predicted molar refractivity (Wildman–Crippen MR) is 43.8 cm³/mol. The number of aliphatic hydroxyl groups is 1. The molecule has 0 saturated carbocycles. The number of aliphatic hydroxyl groups excluding tert-OH is 1. The molecular weight excluding hydrogens is 156 g/mol. The molecule has 1 aromatic rings. The molecule has 0 saturated heterocycles. The van der Waals surface area contributed by atoms with Crippen LogP contribution in [0, 0.1) is 6.92 Å². The molecule has 1 rings (SSSR count). The van der Waals surface area contributed by atoms with E-state index in [1.807, 2.05) is 0 Å². The molecule has 0 aliphatic heterocycles. The maximum Gasteiger partial charge on any atom is 0.336 e. The SMILES string of the molecule is [CH2]c1cccc(CO)c1C(=O)O. The molecular formula is C9H9O3. The van der Waals surface area contributed by atoms with Crippen LogP contribution in [0.5, 0.6) is 0 Å². The van der Waals surface area contributed by atoms with Crippen molar-refractivity contribution in [3.05, 3.63) is 41.8 Å². The van der Waals surface area contributed by atoms with Crippen LogP contribution >= 0.6 is 0 Å². The first-order valence-corrected chi connectivity index (χ1v) is 3.45. The monoisotopic (exact) mass is 165 g/mol. The lowest BCUT2D eigenvalue weighted by Crippen LogP contribution is -2.04. The van der Waals surface area contributed by atoms with Crippen molar-refractivity contribution in [3.63, 3.8) is 0 Å². The Balaban J connectivity index is 3.29. The summed E-state index contributed by atoms with van der Waals surface area (Å²) in [5.41, 5.74) is 0.920. The maximum atomic E-state index is 10.7. The standard InChI is InChI=1S/C9H9O3/c1-6-3-2-4-7(5-10)8(6)9(11)12/h2-4,10H,1,5H2,(H,11,12). The van der Waals surface area contributed by atoms with Crippen LogP contribution in [0.1, 0.15) is 21.5 Å². The molecule has 12 heavy (non-hydrogen) atoms. The number of aromatic carboxylic acids is 1. The van der Waals surface area contributed by atoms with Crippen molar-refractivity contribution in [2.75, 3.05) is 0 Å². The van der Waals surface area contributed by atoms with Crippen molar-refractivity contribution in [2.45, 2.75) is 6.61 Å². The summed E-state index contributed by atoms with van der Waals surface area (Å²) in [5, 5.41) is 17.5. The third-order valence-electron chi connectivity index (χ3n) is 1.62. The van der Waals surface area contributed by atoms with E-state index in [0.29, 0.717) is 11.1 Å². The zero-order valence-corrected chi connectivity index (χ0v) is 6.45. The molecule has 0 aliphatic carbocycles. The average Bonchev–Trinajstić information content (AvgIpc) is 2.03. The number of hydrogen-bond donors (Lipinski definition) is 2. The van der Waals surface area contributed by atoms with Crippen LogP contribution < -0.4 is 0 Å². The largest absolute Gasteiger partial charge is 0.478 e. The van der Waals surface area contributed by atoms with Gasteiger partial charge in [0.2, 0.25) is 0 Å². The highest BCUT2D eigenvalue weighted by molar-refractivity contribution is 5.91. The van der Waals surface area contributed by atoms with Crippen molar-refractivity contribution >= 4 is 5.97 Å². The minimum Gasteiger partial charge on any atom is -0.478 e. The second kappa shape index (κ2) is 3.36. The zero-order chi connectivity index (χ0) is 9.14. The molecule has 0 aromatic heterocycles. The van der Waals surface area contributed by atoms with E-state index in [2.05, 4.69) is 6.92 Å². The lowest BCUT2D eigenvalue weighted by atomic mass is 10.0. The third kappa shape index (κ3) is 1.46. The number of carboxylic acids is 1. The van der Waals surface area contributed by atoms with E-state index >= 15 is 0 Å². The van der Waals surface area contributed by atoms with Gasteiger partial charge < -0.3 is 10.2 Å². The molecule has 0 aliphatic rings. The summed E-state index contributed by atoms with van der Waals surface area (Å²) in [4.78, 5) is 10.7. The minimum atomic E-state index is -1.05. The maximum absolute atomic E-state index is 10.7. The lowest BCUT2D eigenvalue weighted by Gasteiger charge is -2.04. The van der Waals surface area contributed by atoms with Gasteiger partial charge in [0.05, 0.1) is 12.2 Å². The smallest absolute Gasteiger partial charge is 0.336 e. The highest BCUT2D eigenvalue weighted by atomic mass is 16.4. The van der Waals surface area contributed by atoms with Gasteiger partial charge in [-0.25, -0.2) is 4.79 Å². The van der Waals surface area contributed by atoms with Crippen molar-refractivity contribution in [1.82, 2.24) is 0 Å². The fourth-order valence-corrected chi connectivity index (χ4v) is 1.06. The zero-order valence-electron chi connectivity index (χ0n) is 6.45. The van der Waals surface area contributed by atoms with Gasteiger partial charge in [-0.3, -0.25) is 0 Å². The van der Waals surface area contributed by atoms with E-state index in [1.165, 1.54) is 0 Å². The van der Waals surface area contributed by atoms with Crippen LogP contribution in [0.2, 0.25) is 0 Å². The van der Waals surface area contributed by atoms with E-state index in [0.717, 1.165) is 0 Å². The van der Waals surface area contributed by atoms with E-state index < -0.39 is 5.97 Å². The fraction of sp³-hybridized carbons (Fsp3) is 0.111. The Kier molecular flexibility index (Phi) is 2.45. The number of carboxylic acid groups (broad SMARTS) is 1. The number of hydrogen-bond acceptors (Lipinski definition) is 2. The Morgan fingerprint density at radius 3 is 2.58 bits per heavy atom. The van der Waals surface area contributed by atoms with Gasteiger partial charge in [0.15, 0.2) is 0 Å².